The Morgan fingerprint density at radius 3 is 2.70 bits per heavy atom. The number of aromatic nitrogens is 2. The largest absolute Gasteiger partial charge is 0.492 e. The van der Waals surface area contributed by atoms with Crippen LogP contribution >= 0.6 is 11.6 Å². The predicted octanol–water partition coefficient (Wildman–Crippen LogP) is 2.19. The third kappa shape index (κ3) is 3.51. The monoisotopic (exact) mass is 293 g/mol. The van der Waals surface area contributed by atoms with E-state index in [1.807, 2.05) is 6.92 Å². The number of amides is 1. The fourth-order valence-corrected chi connectivity index (χ4v) is 1.81. The number of hydrogen-bond donors (Lipinski definition) is 1. The van der Waals surface area contributed by atoms with Gasteiger partial charge in [-0.05, 0) is 31.2 Å². The first-order valence-corrected chi connectivity index (χ1v) is 6.61. The van der Waals surface area contributed by atoms with Gasteiger partial charge in [0.25, 0.3) is 5.91 Å². The van der Waals surface area contributed by atoms with E-state index < -0.39 is 0 Å². The van der Waals surface area contributed by atoms with Gasteiger partial charge in [-0.2, -0.15) is 5.10 Å². The van der Waals surface area contributed by atoms with Crippen LogP contribution in [0.1, 0.15) is 16.1 Å². The number of carbonyl (C=O) groups excluding carboxylic acids is 1. The van der Waals surface area contributed by atoms with Gasteiger partial charge in [-0.25, -0.2) is 0 Å². The summed E-state index contributed by atoms with van der Waals surface area (Å²) in [4.78, 5) is 11.9. The average Bonchev–Trinajstić information content (AvgIpc) is 2.77. The third-order valence-corrected chi connectivity index (χ3v) is 3.20. The van der Waals surface area contributed by atoms with Crippen LogP contribution in [0.4, 0.5) is 0 Å². The zero-order valence-corrected chi connectivity index (χ0v) is 12.1. The summed E-state index contributed by atoms with van der Waals surface area (Å²) in [5.41, 5.74) is 1.42. The Morgan fingerprint density at radius 2 is 2.10 bits per heavy atom. The number of ether oxygens (including phenoxy) is 1. The summed E-state index contributed by atoms with van der Waals surface area (Å²) in [5, 5.41) is 7.49. The molecule has 0 aliphatic rings. The highest BCUT2D eigenvalue weighted by Crippen LogP contribution is 2.15. The summed E-state index contributed by atoms with van der Waals surface area (Å²) in [6.45, 7) is 2.68. The van der Waals surface area contributed by atoms with Crippen molar-refractivity contribution in [2.45, 2.75) is 6.92 Å². The van der Waals surface area contributed by atoms with Crippen LogP contribution in [0.2, 0.25) is 5.02 Å². The molecule has 0 saturated carbocycles. The molecule has 2 aromatic rings. The molecule has 1 N–H and O–H groups in total. The summed E-state index contributed by atoms with van der Waals surface area (Å²) in [6, 6.07) is 7.09. The molecule has 0 saturated heterocycles. The van der Waals surface area contributed by atoms with E-state index in [0.717, 1.165) is 11.4 Å². The first kappa shape index (κ1) is 14.4. The third-order valence-electron chi connectivity index (χ3n) is 2.95. The number of aryl methyl sites for hydroxylation is 1. The van der Waals surface area contributed by atoms with Crippen molar-refractivity contribution in [2.75, 3.05) is 13.2 Å². The SMILES string of the molecule is Cc1c(C(=O)NCCOc2ccc(Cl)cc2)cnn1C. The van der Waals surface area contributed by atoms with Gasteiger partial charge in [0.05, 0.1) is 18.3 Å². The lowest BCUT2D eigenvalue weighted by Crippen LogP contribution is -2.28. The zero-order chi connectivity index (χ0) is 14.5. The van der Waals surface area contributed by atoms with Crippen LogP contribution in [0.25, 0.3) is 0 Å². The summed E-state index contributed by atoms with van der Waals surface area (Å²) in [6.07, 6.45) is 1.56. The predicted molar refractivity (Wildman–Crippen MR) is 77.2 cm³/mol. The number of benzene rings is 1. The van der Waals surface area contributed by atoms with E-state index in [1.54, 1.807) is 42.2 Å². The Labute approximate surface area is 122 Å². The van der Waals surface area contributed by atoms with Crippen molar-refractivity contribution in [1.29, 1.82) is 0 Å². The highest BCUT2D eigenvalue weighted by atomic mass is 35.5. The fourth-order valence-electron chi connectivity index (χ4n) is 1.68. The maximum absolute atomic E-state index is 11.9. The second-order valence-corrected chi connectivity index (χ2v) is 4.76. The molecular formula is C14H16ClN3O2. The fraction of sp³-hybridized carbons (Fsp3) is 0.286. The van der Waals surface area contributed by atoms with Crippen LogP contribution in [0.5, 0.6) is 5.75 Å². The lowest BCUT2D eigenvalue weighted by molar-refractivity contribution is 0.0946. The summed E-state index contributed by atoms with van der Waals surface area (Å²) in [7, 11) is 1.80. The Kier molecular flexibility index (Phi) is 4.63. The molecule has 106 valence electrons. The van der Waals surface area contributed by atoms with Crippen LogP contribution < -0.4 is 10.1 Å². The van der Waals surface area contributed by atoms with E-state index in [2.05, 4.69) is 10.4 Å². The maximum Gasteiger partial charge on any atom is 0.254 e. The van der Waals surface area contributed by atoms with Crippen molar-refractivity contribution in [1.82, 2.24) is 15.1 Å². The van der Waals surface area contributed by atoms with Crippen molar-refractivity contribution < 1.29 is 9.53 Å². The Bertz CT molecular complexity index is 593. The van der Waals surface area contributed by atoms with Crippen LogP contribution in [-0.4, -0.2) is 28.8 Å². The van der Waals surface area contributed by atoms with Crippen molar-refractivity contribution in [3.8, 4) is 5.75 Å². The Balaban J connectivity index is 1.77. The number of halogens is 1. The number of nitrogens with zero attached hydrogens (tertiary/aromatic N) is 2. The number of nitrogens with one attached hydrogen (secondary N) is 1. The molecule has 20 heavy (non-hydrogen) atoms. The first-order chi connectivity index (χ1) is 9.58. The van der Waals surface area contributed by atoms with Crippen molar-refractivity contribution in [3.05, 3.63) is 46.7 Å². The molecule has 0 unspecified atom stereocenters. The zero-order valence-electron chi connectivity index (χ0n) is 11.4. The molecule has 5 nitrogen and oxygen atoms in total. The molecular weight excluding hydrogens is 278 g/mol. The highest BCUT2D eigenvalue weighted by molar-refractivity contribution is 6.30. The van der Waals surface area contributed by atoms with Crippen molar-refractivity contribution in [3.63, 3.8) is 0 Å². The number of carbonyl (C=O) groups is 1. The molecule has 0 aliphatic heterocycles. The van der Waals surface area contributed by atoms with E-state index in [0.29, 0.717) is 23.7 Å². The minimum absolute atomic E-state index is 0.143. The number of rotatable bonds is 5. The van der Waals surface area contributed by atoms with Crippen LogP contribution in [-0.2, 0) is 7.05 Å². The highest BCUT2D eigenvalue weighted by Gasteiger charge is 2.11. The molecule has 0 spiro atoms. The van der Waals surface area contributed by atoms with Crippen molar-refractivity contribution in [2.24, 2.45) is 7.05 Å². The van der Waals surface area contributed by atoms with E-state index in [-0.39, 0.29) is 5.91 Å². The second-order valence-electron chi connectivity index (χ2n) is 4.33. The molecule has 1 heterocycles. The summed E-state index contributed by atoms with van der Waals surface area (Å²) < 4.78 is 7.15. The van der Waals surface area contributed by atoms with Crippen LogP contribution in [0.3, 0.4) is 0 Å². The smallest absolute Gasteiger partial charge is 0.254 e. The Morgan fingerprint density at radius 1 is 1.40 bits per heavy atom. The van der Waals surface area contributed by atoms with Gasteiger partial charge >= 0.3 is 0 Å². The Hall–Kier alpha value is -2.01. The van der Waals surface area contributed by atoms with E-state index >= 15 is 0 Å². The molecule has 1 aromatic heterocycles. The summed E-state index contributed by atoms with van der Waals surface area (Å²) >= 11 is 5.78. The molecule has 0 aliphatic carbocycles. The van der Waals surface area contributed by atoms with Crippen LogP contribution in [0.15, 0.2) is 30.5 Å². The van der Waals surface area contributed by atoms with Crippen LogP contribution in [0, 0.1) is 6.92 Å². The van der Waals surface area contributed by atoms with Crippen molar-refractivity contribution >= 4 is 17.5 Å². The van der Waals surface area contributed by atoms with Gasteiger partial charge in [0.1, 0.15) is 12.4 Å². The molecule has 1 amide bonds. The van der Waals surface area contributed by atoms with Gasteiger partial charge in [-0.15, -0.1) is 0 Å². The standard InChI is InChI=1S/C14H16ClN3O2/c1-10-13(9-17-18(10)2)14(19)16-7-8-20-12-5-3-11(15)4-6-12/h3-6,9H,7-8H2,1-2H3,(H,16,19). The van der Waals surface area contributed by atoms with E-state index in [1.165, 1.54) is 0 Å². The van der Waals surface area contributed by atoms with Gasteiger partial charge in [0.2, 0.25) is 0 Å². The molecule has 0 atom stereocenters. The van der Waals surface area contributed by atoms with E-state index in [4.69, 9.17) is 16.3 Å². The molecule has 0 radical (unpaired) electrons. The average molecular weight is 294 g/mol. The van der Waals surface area contributed by atoms with Gasteiger partial charge < -0.3 is 10.1 Å². The molecule has 6 heteroatoms. The minimum atomic E-state index is -0.143. The quantitative estimate of drug-likeness (QED) is 0.860. The molecule has 1 aromatic carbocycles. The molecule has 0 fully saturated rings. The maximum atomic E-state index is 11.9. The molecule has 0 bridgehead atoms. The number of hydrogen-bond acceptors (Lipinski definition) is 3. The van der Waals surface area contributed by atoms with Gasteiger partial charge in [-0.1, -0.05) is 11.6 Å². The first-order valence-electron chi connectivity index (χ1n) is 6.23. The lowest BCUT2D eigenvalue weighted by Gasteiger charge is -2.07. The van der Waals surface area contributed by atoms with Gasteiger partial charge in [0.15, 0.2) is 0 Å². The topological polar surface area (TPSA) is 56.1 Å². The normalized spacial score (nSPS) is 10.3. The summed E-state index contributed by atoms with van der Waals surface area (Å²) in [5.74, 6) is 0.580. The van der Waals surface area contributed by atoms with E-state index in [9.17, 15) is 4.79 Å². The van der Waals surface area contributed by atoms with Gasteiger partial charge in [0, 0.05) is 17.8 Å². The van der Waals surface area contributed by atoms with Gasteiger partial charge in [-0.3, -0.25) is 9.48 Å². The minimum Gasteiger partial charge on any atom is -0.492 e. The second kappa shape index (κ2) is 6.43. The lowest BCUT2D eigenvalue weighted by atomic mass is 10.2. The molecule has 2 rings (SSSR count).